The molecule has 0 spiro atoms. The predicted octanol–water partition coefficient (Wildman–Crippen LogP) is -1.06. The normalized spacial score (nSPS) is 20.2. The fourth-order valence-electron chi connectivity index (χ4n) is 2.72. The van der Waals surface area contributed by atoms with Crippen molar-refractivity contribution in [1.82, 2.24) is 14.5 Å². The first kappa shape index (κ1) is 17.0. The zero-order valence-electron chi connectivity index (χ0n) is 13.0. The average molecular weight is 331 g/mol. The van der Waals surface area contributed by atoms with Crippen LogP contribution in [0.2, 0.25) is 0 Å². The molecule has 9 heteroatoms. The standard InChI is InChI=1S/C13H25N5O3S/c1-22(20,21)18-10-7-16-13(18)15-6-4-5-11(14)12(19)17-8-2-3-9-17/h11H,2-10,14H2,1H3,(H,15,16)/t11-/m0/s1. The number of carbonyl (C=O) groups is 1. The molecule has 0 bridgehead atoms. The Labute approximate surface area is 131 Å². The SMILES string of the molecule is CS(=O)(=O)N1CCN=C1NCCC[C@H](N)C(=O)N1CCCC1. The van der Waals surface area contributed by atoms with E-state index in [9.17, 15) is 13.2 Å². The monoisotopic (exact) mass is 331 g/mol. The van der Waals surface area contributed by atoms with Crippen molar-refractivity contribution in [2.24, 2.45) is 10.7 Å². The van der Waals surface area contributed by atoms with Crippen LogP contribution in [0.25, 0.3) is 0 Å². The van der Waals surface area contributed by atoms with Gasteiger partial charge in [-0.05, 0) is 25.7 Å². The minimum Gasteiger partial charge on any atom is -0.355 e. The zero-order chi connectivity index (χ0) is 16.2. The molecule has 2 rings (SSSR count). The minimum absolute atomic E-state index is 0.0217. The molecule has 1 atom stereocenters. The van der Waals surface area contributed by atoms with Crippen LogP contribution in [0, 0.1) is 0 Å². The summed E-state index contributed by atoms with van der Waals surface area (Å²) in [6.45, 7) is 3.03. The second-order valence-corrected chi connectivity index (χ2v) is 7.66. The van der Waals surface area contributed by atoms with E-state index in [0.29, 0.717) is 38.4 Å². The first-order valence-electron chi connectivity index (χ1n) is 7.70. The molecule has 8 nitrogen and oxygen atoms in total. The van der Waals surface area contributed by atoms with E-state index >= 15 is 0 Å². The Hall–Kier alpha value is -1.35. The number of amides is 1. The van der Waals surface area contributed by atoms with Gasteiger partial charge in [0, 0.05) is 19.6 Å². The molecule has 126 valence electrons. The summed E-state index contributed by atoms with van der Waals surface area (Å²) in [4.78, 5) is 18.0. The Balaban J connectivity index is 1.69. The Morgan fingerprint density at radius 2 is 2.05 bits per heavy atom. The molecule has 1 amide bonds. The molecule has 0 aliphatic carbocycles. The van der Waals surface area contributed by atoms with E-state index in [4.69, 9.17) is 5.73 Å². The molecule has 0 aromatic heterocycles. The molecule has 0 aromatic carbocycles. The van der Waals surface area contributed by atoms with Gasteiger partial charge in [-0.15, -0.1) is 0 Å². The van der Waals surface area contributed by atoms with Crippen LogP contribution in [0.5, 0.6) is 0 Å². The molecule has 2 heterocycles. The lowest BCUT2D eigenvalue weighted by atomic mass is 10.1. The van der Waals surface area contributed by atoms with Crippen molar-refractivity contribution in [3.05, 3.63) is 0 Å². The van der Waals surface area contributed by atoms with Crippen LogP contribution in [0.15, 0.2) is 4.99 Å². The van der Waals surface area contributed by atoms with E-state index < -0.39 is 16.1 Å². The molecule has 0 unspecified atom stereocenters. The number of guanidine groups is 1. The number of hydrogen-bond donors (Lipinski definition) is 2. The van der Waals surface area contributed by atoms with Gasteiger partial charge in [0.05, 0.1) is 25.4 Å². The summed E-state index contributed by atoms with van der Waals surface area (Å²) in [5, 5.41) is 3.02. The average Bonchev–Trinajstić information content (AvgIpc) is 3.12. The van der Waals surface area contributed by atoms with Gasteiger partial charge < -0.3 is 16.0 Å². The van der Waals surface area contributed by atoms with Crippen molar-refractivity contribution in [1.29, 1.82) is 0 Å². The highest BCUT2D eigenvalue weighted by atomic mass is 32.2. The van der Waals surface area contributed by atoms with Crippen LogP contribution in [-0.2, 0) is 14.8 Å². The van der Waals surface area contributed by atoms with Crippen LogP contribution in [-0.4, -0.2) is 74.5 Å². The minimum atomic E-state index is -3.28. The molecule has 2 aliphatic rings. The van der Waals surface area contributed by atoms with Crippen molar-refractivity contribution in [3.8, 4) is 0 Å². The lowest BCUT2D eigenvalue weighted by Crippen LogP contribution is -2.44. The smallest absolute Gasteiger partial charge is 0.239 e. The van der Waals surface area contributed by atoms with Crippen molar-refractivity contribution in [2.45, 2.75) is 31.7 Å². The number of nitrogens with two attached hydrogens (primary N) is 1. The highest BCUT2D eigenvalue weighted by Crippen LogP contribution is 2.10. The van der Waals surface area contributed by atoms with Crippen molar-refractivity contribution in [2.75, 3.05) is 39.0 Å². The van der Waals surface area contributed by atoms with Crippen molar-refractivity contribution < 1.29 is 13.2 Å². The number of hydrogen-bond acceptors (Lipinski definition) is 6. The third-order valence-corrected chi connectivity index (χ3v) is 5.07. The summed E-state index contributed by atoms with van der Waals surface area (Å²) in [6.07, 6.45) is 4.55. The number of nitrogens with one attached hydrogen (secondary N) is 1. The Kier molecular flexibility index (Phi) is 5.63. The third kappa shape index (κ3) is 4.33. The van der Waals surface area contributed by atoms with Gasteiger partial charge in [-0.1, -0.05) is 0 Å². The van der Waals surface area contributed by atoms with Gasteiger partial charge in [0.1, 0.15) is 0 Å². The summed E-state index contributed by atoms with van der Waals surface area (Å²) in [5.41, 5.74) is 5.93. The quantitative estimate of drug-likeness (QED) is 0.603. The lowest BCUT2D eigenvalue weighted by Gasteiger charge is -2.21. The summed E-state index contributed by atoms with van der Waals surface area (Å²) in [7, 11) is -3.28. The molecule has 3 N–H and O–H groups in total. The van der Waals surface area contributed by atoms with Gasteiger partial charge >= 0.3 is 0 Å². The molecule has 22 heavy (non-hydrogen) atoms. The highest BCUT2D eigenvalue weighted by Gasteiger charge is 2.25. The Morgan fingerprint density at radius 1 is 1.36 bits per heavy atom. The van der Waals surface area contributed by atoms with E-state index in [1.165, 1.54) is 10.6 Å². The molecule has 1 saturated heterocycles. The maximum absolute atomic E-state index is 12.0. The second-order valence-electron chi connectivity index (χ2n) is 5.75. The van der Waals surface area contributed by atoms with Gasteiger partial charge in [-0.2, -0.15) is 0 Å². The predicted molar refractivity (Wildman–Crippen MR) is 84.9 cm³/mol. The van der Waals surface area contributed by atoms with Gasteiger partial charge in [0.15, 0.2) is 0 Å². The first-order valence-corrected chi connectivity index (χ1v) is 9.55. The Morgan fingerprint density at radius 3 is 2.68 bits per heavy atom. The van der Waals surface area contributed by atoms with E-state index in [-0.39, 0.29) is 5.91 Å². The second kappa shape index (κ2) is 7.28. The third-order valence-electron chi connectivity index (χ3n) is 3.91. The summed E-state index contributed by atoms with van der Waals surface area (Å²) in [5.74, 6) is 0.412. The number of rotatable bonds is 6. The molecule has 0 saturated carbocycles. The zero-order valence-corrected chi connectivity index (χ0v) is 13.8. The number of likely N-dealkylation sites (tertiary alicyclic amines) is 1. The van der Waals surface area contributed by atoms with E-state index in [1.54, 1.807) is 0 Å². The summed E-state index contributed by atoms with van der Waals surface area (Å²) in [6, 6.07) is -0.476. The molecular formula is C13H25N5O3S. The van der Waals surface area contributed by atoms with Crippen LogP contribution in [0.3, 0.4) is 0 Å². The van der Waals surface area contributed by atoms with Crippen LogP contribution < -0.4 is 11.1 Å². The molecule has 1 fully saturated rings. The number of sulfonamides is 1. The largest absolute Gasteiger partial charge is 0.355 e. The van der Waals surface area contributed by atoms with Gasteiger partial charge in [0.2, 0.25) is 21.9 Å². The molecule has 0 radical (unpaired) electrons. The number of nitrogens with zero attached hydrogens (tertiary/aromatic N) is 3. The van der Waals surface area contributed by atoms with E-state index in [0.717, 1.165) is 25.9 Å². The highest BCUT2D eigenvalue weighted by molar-refractivity contribution is 7.88. The molecular weight excluding hydrogens is 306 g/mol. The van der Waals surface area contributed by atoms with Crippen LogP contribution >= 0.6 is 0 Å². The lowest BCUT2D eigenvalue weighted by molar-refractivity contribution is -0.131. The summed E-state index contributed by atoms with van der Waals surface area (Å²) >= 11 is 0. The fraction of sp³-hybridized carbons (Fsp3) is 0.846. The van der Waals surface area contributed by atoms with Gasteiger partial charge in [0.25, 0.3) is 0 Å². The summed E-state index contributed by atoms with van der Waals surface area (Å²) < 4.78 is 24.4. The van der Waals surface area contributed by atoms with E-state index in [1.807, 2.05) is 4.90 Å². The van der Waals surface area contributed by atoms with Crippen LogP contribution in [0.4, 0.5) is 0 Å². The fourth-order valence-corrected chi connectivity index (χ4v) is 3.57. The van der Waals surface area contributed by atoms with Gasteiger partial charge in [-0.25, -0.2) is 12.7 Å². The number of carbonyl (C=O) groups excluding carboxylic acids is 1. The maximum atomic E-state index is 12.0. The van der Waals surface area contributed by atoms with Crippen LogP contribution in [0.1, 0.15) is 25.7 Å². The first-order chi connectivity index (χ1) is 10.4. The van der Waals surface area contributed by atoms with Crippen molar-refractivity contribution in [3.63, 3.8) is 0 Å². The molecule has 2 aliphatic heterocycles. The van der Waals surface area contributed by atoms with E-state index in [2.05, 4.69) is 10.3 Å². The molecule has 0 aromatic rings. The maximum Gasteiger partial charge on any atom is 0.239 e. The van der Waals surface area contributed by atoms with Gasteiger partial charge in [-0.3, -0.25) is 9.79 Å². The topological polar surface area (TPSA) is 108 Å². The van der Waals surface area contributed by atoms with Crippen molar-refractivity contribution >= 4 is 21.9 Å². The Bertz CT molecular complexity index is 528. The number of aliphatic imine (C=N–C) groups is 1.